The minimum Gasteiger partial charge on any atom is -0.329 e. The van der Waals surface area contributed by atoms with Crippen LogP contribution in [-0.4, -0.2) is 31.9 Å². The van der Waals surface area contributed by atoms with Crippen LogP contribution in [0.5, 0.6) is 0 Å². The molecule has 2 N–H and O–H groups in total. The van der Waals surface area contributed by atoms with Gasteiger partial charge in [0.25, 0.3) is 0 Å². The summed E-state index contributed by atoms with van der Waals surface area (Å²) < 4.78 is 26.6. The Morgan fingerprint density at radius 3 is 2.30 bits per heavy atom. The maximum Gasteiger partial charge on any atom is 0.246 e. The van der Waals surface area contributed by atoms with E-state index < -0.39 is 10.0 Å². The molecule has 20 heavy (non-hydrogen) atoms. The number of hydrogen-bond acceptors (Lipinski definition) is 3. The van der Waals surface area contributed by atoms with Gasteiger partial charge in [-0.3, -0.25) is 0 Å². The minimum atomic E-state index is -3.75. The number of rotatable bonds is 3. The standard InChI is InChI=1S/C11H13Cl3N2O2S.ClH/c12-7-4-9(13)11(10(14)5-7)19(17,18)16-3-1-2-8(16)6-15;/h4-5,8H,1-3,6,15H2;1H. The van der Waals surface area contributed by atoms with Crippen LogP contribution < -0.4 is 5.73 Å². The van der Waals surface area contributed by atoms with E-state index in [1.165, 1.54) is 16.4 Å². The third-order valence-electron chi connectivity index (χ3n) is 3.12. The molecular weight excluding hydrogens is 366 g/mol. The lowest BCUT2D eigenvalue weighted by Crippen LogP contribution is -2.40. The van der Waals surface area contributed by atoms with Crippen molar-refractivity contribution in [1.82, 2.24) is 4.31 Å². The molecule has 1 aromatic rings. The number of benzene rings is 1. The molecule has 4 nitrogen and oxygen atoms in total. The molecule has 114 valence electrons. The first-order chi connectivity index (χ1) is 8.87. The highest BCUT2D eigenvalue weighted by atomic mass is 35.5. The van der Waals surface area contributed by atoms with Crippen LogP contribution in [0, 0.1) is 0 Å². The Balaban J connectivity index is 0.00000200. The second-order valence-corrected chi connectivity index (χ2v) is 7.42. The van der Waals surface area contributed by atoms with Crippen LogP contribution in [0.1, 0.15) is 12.8 Å². The monoisotopic (exact) mass is 378 g/mol. The van der Waals surface area contributed by atoms with Gasteiger partial charge in [-0.15, -0.1) is 12.4 Å². The third-order valence-corrected chi connectivity index (χ3v) is 6.22. The second-order valence-electron chi connectivity index (χ2n) is 4.35. The first-order valence-electron chi connectivity index (χ1n) is 5.74. The maximum atomic E-state index is 12.6. The lowest BCUT2D eigenvalue weighted by molar-refractivity contribution is 0.393. The lowest BCUT2D eigenvalue weighted by atomic mass is 10.2. The van der Waals surface area contributed by atoms with E-state index in [2.05, 4.69) is 0 Å². The number of nitrogens with zero attached hydrogens (tertiary/aromatic N) is 1. The first-order valence-corrected chi connectivity index (χ1v) is 8.31. The molecule has 0 spiro atoms. The van der Waals surface area contributed by atoms with Crippen LogP contribution in [0.15, 0.2) is 17.0 Å². The predicted molar refractivity (Wildman–Crippen MR) is 84.7 cm³/mol. The molecular formula is C11H14Cl4N2O2S. The van der Waals surface area contributed by atoms with Crippen molar-refractivity contribution in [2.75, 3.05) is 13.1 Å². The third kappa shape index (κ3) is 3.35. The van der Waals surface area contributed by atoms with Gasteiger partial charge < -0.3 is 5.73 Å². The Morgan fingerprint density at radius 1 is 1.25 bits per heavy atom. The fourth-order valence-corrected chi connectivity index (χ4v) is 5.45. The normalized spacial score (nSPS) is 19.9. The maximum absolute atomic E-state index is 12.6. The first kappa shape index (κ1) is 18.3. The summed E-state index contributed by atoms with van der Waals surface area (Å²) in [4.78, 5) is -0.0967. The molecule has 1 atom stereocenters. The van der Waals surface area contributed by atoms with Crippen LogP contribution in [0.3, 0.4) is 0 Å². The van der Waals surface area contributed by atoms with E-state index in [4.69, 9.17) is 40.5 Å². The second kappa shape index (κ2) is 7.01. The van der Waals surface area contributed by atoms with Crippen LogP contribution in [0.4, 0.5) is 0 Å². The molecule has 1 aliphatic rings. The summed E-state index contributed by atoms with van der Waals surface area (Å²) >= 11 is 17.8. The van der Waals surface area contributed by atoms with E-state index in [9.17, 15) is 8.42 Å². The van der Waals surface area contributed by atoms with Crippen molar-refractivity contribution in [3.05, 3.63) is 27.2 Å². The zero-order valence-corrected chi connectivity index (χ0v) is 14.3. The molecule has 2 rings (SSSR count). The summed E-state index contributed by atoms with van der Waals surface area (Å²) in [6.07, 6.45) is 1.53. The Morgan fingerprint density at radius 2 is 1.80 bits per heavy atom. The number of halogens is 4. The SMILES string of the molecule is Cl.NCC1CCCN1S(=O)(=O)c1c(Cl)cc(Cl)cc1Cl. The van der Waals surface area contributed by atoms with E-state index >= 15 is 0 Å². The molecule has 0 radical (unpaired) electrons. The van der Waals surface area contributed by atoms with Gasteiger partial charge in [0, 0.05) is 24.2 Å². The van der Waals surface area contributed by atoms with E-state index in [0.29, 0.717) is 11.6 Å². The summed E-state index contributed by atoms with van der Waals surface area (Å²) in [5, 5.41) is 0.353. The van der Waals surface area contributed by atoms with Crippen molar-refractivity contribution in [3.8, 4) is 0 Å². The molecule has 1 fully saturated rings. The zero-order chi connectivity index (χ0) is 14.2. The van der Waals surface area contributed by atoms with E-state index in [1.54, 1.807) is 0 Å². The largest absolute Gasteiger partial charge is 0.329 e. The fraction of sp³-hybridized carbons (Fsp3) is 0.455. The van der Waals surface area contributed by atoms with Crippen molar-refractivity contribution < 1.29 is 8.42 Å². The molecule has 1 heterocycles. The molecule has 1 aromatic carbocycles. The summed E-state index contributed by atoms with van der Waals surface area (Å²) in [5.41, 5.74) is 5.61. The zero-order valence-electron chi connectivity index (χ0n) is 10.4. The summed E-state index contributed by atoms with van der Waals surface area (Å²) in [6, 6.07) is 2.54. The molecule has 0 aromatic heterocycles. The van der Waals surface area contributed by atoms with Gasteiger partial charge in [0.1, 0.15) is 4.90 Å². The average Bonchev–Trinajstić information content (AvgIpc) is 2.75. The van der Waals surface area contributed by atoms with Gasteiger partial charge in [-0.2, -0.15) is 4.31 Å². The Hall–Kier alpha value is 0.250. The van der Waals surface area contributed by atoms with Crippen molar-refractivity contribution in [2.45, 2.75) is 23.8 Å². The van der Waals surface area contributed by atoms with Crippen molar-refractivity contribution in [3.63, 3.8) is 0 Å². The molecule has 0 amide bonds. The molecule has 1 saturated heterocycles. The van der Waals surface area contributed by atoms with Crippen LogP contribution in [0.2, 0.25) is 15.1 Å². The summed E-state index contributed by atoms with van der Waals surface area (Å²) in [7, 11) is -3.75. The highest BCUT2D eigenvalue weighted by Crippen LogP contribution is 2.36. The molecule has 9 heteroatoms. The van der Waals surface area contributed by atoms with Crippen LogP contribution >= 0.6 is 47.2 Å². The number of hydrogen-bond donors (Lipinski definition) is 1. The fourth-order valence-electron chi connectivity index (χ4n) is 2.25. The molecule has 0 saturated carbocycles. The number of nitrogens with two attached hydrogens (primary N) is 1. The molecule has 1 aliphatic heterocycles. The smallest absolute Gasteiger partial charge is 0.246 e. The molecule has 0 bridgehead atoms. The summed E-state index contributed by atoms with van der Waals surface area (Å²) in [6.45, 7) is 0.710. The van der Waals surface area contributed by atoms with Gasteiger partial charge >= 0.3 is 0 Å². The van der Waals surface area contributed by atoms with E-state index in [1.807, 2.05) is 0 Å². The van der Waals surface area contributed by atoms with Gasteiger partial charge in [-0.05, 0) is 25.0 Å². The Labute approximate surface area is 139 Å². The number of sulfonamides is 1. The topological polar surface area (TPSA) is 63.4 Å². The quantitative estimate of drug-likeness (QED) is 0.876. The van der Waals surface area contributed by atoms with Crippen molar-refractivity contribution in [1.29, 1.82) is 0 Å². The van der Waals surface area contributed by atoms with Gasteiger partial charge in [0.2, 0.25) is 10.0 Å². The molecule has 0 aliphatic carbocycles. The summed E-state index contributed by atoms with van der Waals surface area (Å²) in [5.74, 6) is 0. The predicted octanol–water partition coefficient (Wildman–Crippen LogP) is 3.18. The highest BCUT2D eigenvalue weighted by molar-refractivity contribution is 7.89. The van der Waals surface area contributed by atoms with Gasteiger partial charge in [0.15, 0.2) is 0 Å². The van der Waals surface area contributed by atoms with Gasteiger partial charge in [0.05, 0.1) is 10.0 Å². The average molecular weight is 380 g/mol. The Bertz CT molecular complexity index is 571. The van der Waals surface area contributed by atoms with E-state index in [0.717, 1.165) is 12.8 Å². The minimum absolute atomic E-state index is 0. The van der Waals surface area contributed by atoms with Crippen molar-refractivity contribution >= 4 is 57.2 Å². The van der Waals surface area contributed by atoms with Crippen LogP contribution in [0.25, 0.3) is 0 Å². The Kier molecular flexibility index (Phi) is 6.41. The lowest BCUT2D eigenvalue weighted by Gasteiger charge is -2.24. The van der Waals surface area contributed by atoms with Gasteiger partial charge in [-0.1, -0.05) is 34.8 Å². The highest BCUT2D eigenvalue weighted by Gasteiger charge is 2.36. The van der Waals surface area contributed by atoms with Crippen molar-refractivity contribution in [2.24, 2.45) is 5.73 Å². The van der Waals surface area contributed by atoms with E-state index in [-0.39, 0.29) is 39.9 Å². The van der Waals surface area contributed by atoms with Crippen LogP contribution in [-0.2, 0) is 10.0 Å². The molecule has 1 unspecified atom stereocenters. The van der Waals surface area contributed by atoms with Gasteiger partial charge in [-0.25, -0.2) is 8.42 Å².